The summed E-state index contributed by atoms with van der Waals surface area (Å²) in [6, 6.07) is 0. The topological polar surface area (TPSA) is 9.23 Å². The second kappa shape index (κ2) is 8.15. The molecular weight excluding hydrogens is 184 g/mol. The number of hydrogen-bond acceptors (Lipinski definition) is 1. The largest absolute Gasteiger partial charge is 0.378 e. The van der Waals surface area contributed by atoms with Gasteiger partial charge in [-0.05, 0) is 37.0 Å². The fourth-order valence-electron chi connectivity index (χ4n) is 1.75. The van der Waals surface area contributed by atoms with Crippen LogP contribution in [0.15, 0.2) is 0 Å². The highest BCUT2D eigenvalue weighted by Crippen LogP contribution is 2.17. The maximum Gasteiger partial charge on any atom is 0.0580 e. The SMILES string of the molecule is CC(C)CCOC(CC(C)C)CC(C)C. The molecule has 92 valence electrons. The van der Waals surface area contributed by atoms with E-state index in [0.717, 1.165) is 24.4 Å². The molecule has 0 fully saturated rings. The van der Waals surface area contributed by atoms with Gasteiger partial charge in [0.1, 0.15) is 0 Å². The van der Waals surface area contributed by atoms with Crippen LogP contribution in [0.1, 0.15) is 60.8 Å². The minimum Gasteiger partial charge on any atom is -0.378 e. The molecular formula is C14H30O. The molecule has 0 aliphatic heterocycles. The van der Waals surface area contributed by atoms with Crippen molar-refractivity contribution >= 4 is 0 Å². The van der Waals surface area contributed by atoms with E-state index >= 15 is 0 Å². The number of hydrogen-bond donors (Lipinski definition) is 0. The maximum atomic E-state index is 5.97. The van der Waals surface area contributed by atoms with E-state index in [0.29, 0.717) is 6.10 Å². The molecule has 0 saturated heterocycles. The van der Waals surface area contributed by atoms with Gasteiger partial charge in [0.15, 0.2) is 0 Å². The predicted octanol–water partition coefficient (Wildman–Crippen LogP) is 4.51. The van der Waals surface area contributed by atoms with Crippen LogP contribution in [-0.2, 0) is 4.74 Å². The summed E-state index contributed by atoms with van der Waals surface area (Å²) >= 11 is 0. The maximum absolute atomic E-state index is 5.97. The Bertz CT molecular complexity index is 128. The zero-order valence-corrected chi connectivity index (χ0v) is 11.5. The van der Waals surface area contributed by atoms with Crippen molar-refractivity contribution < 1.29 is 4.74 Å². The van der Waals surface area contributed by atoms with Gasteiger partial charge in [-0.15, -0.1) is 0 Å². The third-order valence-corrected chi connectivity index (χ3v) is 2.52. The van der Waals surface area contributed by atoms with E-state index in [-0.39, 0.29) is 0 Å². The molecule has 1 heteroatoms. The molecule has 0 aromatic carbocycles. The van der Waals surface area contributed by atoms with Crippen molar-refractivity contribution in [3.8, 4) is 0 Å². The van der Waals surface area contributed by atoms with E-state index in [2.05, 4.69) is 41.5 Å². The summed E-state index contributed by atoms with van der Waals surface area (Å²) in [7, 11) is 0. The number of ether oxygens (including phenoxy) is 1. The summed E-state index contributed by atoms with van der Waals surface area (Å²) in [5.74, 6) is 2.24. The van der Waals surface area contributed by atoms with Crippen LogP contribution in [0.5, 0.6) is 0 Å². The molecule has 0 spiro atoms. The molecule has 0 aliphatic rings. The first-order valence-electron chi connectivity index (χ1n) is 6.53. The summed E-state index contributed by atoms with van der Waals surface area (Å²) in [4.78, 5) is 0. The molecule has 0 radical (unpaired) electrons. The zero-order valence-electron chi connectivity index (χ0n) is 11.5. The summed E-state index contributed by atoms with van der Waals surface area (Å²) in [6.45, 7) is 14.5. The Kier molecular flexibility index (Phi) is 8.13. The van der Waals surface area contributed by atoms with Crippen LogP contribution in [-0.4, -0.2) is 12.7 Å². The van der Waals surface area contributed by atoms with Crippen LogP contribution < -0.4 is 0 Å². The molecule has 0 aromatic rings. The molecule has 0 rings (SSSR count). The van der Waals surface area contributed by atoms with Gasteiger partial charge in [-0.1, -0.05) is 41.5 Å². The Morgan fingerprint density at radius 3 is 1.53 bits per heavy atom. The molecule has 0 aromatic heterocycles. The first kappa shape index (κ1) is 15.0. The fourth-order valence-corrected chi connectivity index (χ4v) is 1.75. The Hall–Kier alpha value is -0.0400. The van der Waals surface area contributed by atoms with Crippen LogP contribution >= 0.6 is 0 Å². The highest BCUT2D eigenvalue weighted by Gasteiger charge is 2.13. The van der Waals surface area contributed by atoms with Crippen LogP contribution in [0.3, 0.4) is 0 Å². The van der Waals surface area contributed by atoms with Crippen LogP contribution in [0.25, 0.3) is 0 Å². The van der Waals surface area contributed by atoms with Gasteiger partial charge in [0.05, 0.1) is 6.10 Å². The first-order valence-corrected chi connectivity index (χ1v) is 6.53. The van der Waals surface area contributed by atoms with E-state index in [4.69, 9.17) is 4.74 Å². The van der Waals surface area contributed by atoms with Crippen molar-refractivity contribution in [3.05, 3.63) is 0 Å². The van der Waals surface area contributed by atoms with Gasteiger partial charge in [0.2, 0.25) is 0 Å². The third kappa shape index (κ3) is 10.2. The Balaban J connectivity index is 3.79. The Morgan fingerprint density at radius 2 is 1.20 bits per heavy atom. The minimum absolute atomic E-state index is 0.476. The first-order chi connectivity index (χ1) is 6.91. The quantitative estimate of drug-likeness (QED) is 0.577. The van der Waals surface area contributed by atoms with Crippen molar-refractivity contribution in [2.75, 3.05) is 6.61 Å². The lowest BCUT2D eigenvalue weighted by atomic mass is 9.98. The second-order valence-corrected chi connectivity index (χ2v) is 5.93. The van der Waals surface area contributed by atoms with E-state index in [1.54, 1.807) is 0 Å². The Morgan fingerprint density at radius 1 is 0.733 bits per heavy atom. The van der Waals surface area contributed by atoms with Gasteiger partial charge in [-0.25, -0.2) is 0 Å². The standard InChI is InChI=1S/C14H30O/c1-11(2)7-8-15-14(9-12(3)4)10-13(5)6/h11-14H,7-10H2,1-6H3. The number of rotatable bonds is 8. The highest BCUT2D eigenvalue weighted by molar-refractivity contribution is 4.63. The van der Waals surface area contributed by atoms with Gasteiger partial charge in [0, 0.05) is 6.61 Å². The van der Waals surface area contributed by atoms with Crippen molar-refractivity contribution in [3.63, 3.8) is 0 Å². The van der Waals surface area contributed by atoms with Crippen molar-refractivity contribution in [1.82, 2.24) is 0 Å². The third-order valence-electron chi connectivity index (χ3n) is 2.52. The molecule has 0 aliphatic carbocycles. The van der Waals surface area contributed by atoms with Crippen LogP contribution in [0.2, 0.25) is 0 Å². The molecule has 0 heterocycles. The Labute approximate surface area is 96.6 Å². The molecule has 0 atom stereocenters. The molecule has 0 amide bonds. The molecule has 15 heavy (non-hydrogen) atoms. The lowest BCUT2D eigenvalue weighted by molar-refractivity contribution is 0.0203. The monoisotopic (exact) mass is 214 g/mol. The molecule has 1 nitrogen and oxygen atoms in total. The average Bonchev–Trinajstić information content (AvgIpc) is 2.00. The van der Waals surface area contributed by atoms with Crippen LogP contribution in [0.4, 0.5) is 0 Å². The van der Waals surface area contributed by atoms with Crippen molar-refractivity contribution in [2.45, 2.75) is 66.9 Å². The van der Waals surface area contributed by atoms with Gasteiger partial charge < -0.3 is 4.74 Å². The lowest BCUT2D eigenvalue weighted by Crippen LogP contribution is -2.19. The molecule has 0 unspecified atom stereocenters. The minimum atomic E-state index is 0.476. The molecule has 0 N–H and O–H groups in total. The average molecular weight is 214 g/mol. The van der Waals surface area contributed by atoms with E-state index in [1.807, 2.05) is 0 Å². The van der Waals surface area contributed by atoms with Crippen LogP contribution in [0, 0.1) is 17.8 Å². The summed E-state index contributed by atoms with van der Waals surface area (Å²) in [6.07, 6.45) is 4.07. The summed E-state index contributed by atoms with van der Waals surface area (Å²) < 4.78 is 5.97. The van der Waals surface area contributed by atoms with Gasteiger partial charge >= 0.3 is 0 Å². The normalized spacial score (nSPS) is 12.4. The fraction of sp³-hybridized carbons (Fsp3) is 1.00. The van der Waals surface area contributed by atoms with Crippen molar-refractivity contribution in [2.24, 2.45) is 17.8 Å². The molecule has 0 bridgehead atoms. The summed E-state index contributed by atoms with van der Waals surface area (Å²) in [5.41, 5.74) is 0. The smallest absolute Gasteiger partial charge is 0.0580 e. The predicted molar refractivity (Wildman–Crippen MR) is 68.1 cm³/mol. The van der Waals surface area contributed by atoms with Gasteiger partial charge in [-0.3, -0.25) is 0 Å². The summed E-state index contributed by atoms with van der Waals surface area (Å²) in [5, 5.41) is 0. The lowest BCUT2D eigenvalue weighted by Gasteiger charge is -2.22. The zero-order chi connectivity index (χ0) is 11.8. The second-order valence-electron chi connectivity index (χ2n) is 5.93. The van der Waals surface area contributed by atoms with E-state index in [9.17, 15) is 0 Å². The highest BCUT2D eigenvalue weighted by atomic mass is 16.5. The van der Waals surface area contributed by atoms with E-state index in [1.165, 1.54) is 19.3 Å². The van der Waals surface area contributed by atoms with Gasteiger partial charge in [-0.2, -0.15) is 0 Å². The molecule has 0 saturated carbocycles. The van der Waals surface area contributed by atoms with Gasteiger partial charge in [0.25, 0.3) is 0 Å². The van der Waals surface area contributed by atoms with E-state index < -0.39 is 0 Å². The van der Waals surface area contributed by atoms with Crippen molar-refractivity contribution in [1.29, 1.82) is 0 Å².